The molecule has 1 amide bonds. The van der Waals surface area contributed by atoms with Gasteiger partial charge in [-0.05, 0) is 39.3 Å². The summed E-state index contributed by atoms with van der Waals surface area (Å²) in [4.78, 5) is 12.7. The fourth-order valence-electron chi connectivity index (χ4n) is 1.36. The van der Waals surface area contributed by atoms with Crippen molar-refractivity contribution in [3.05, 3.63) is 21.3 Å². The lowest BCUT2D eigenvalue weighted by Gasteiger charge is -2.20. The number of carbonyl (C=O) groups is 1. The van der Waals surface area contributed by atoms with Crippen LogP contribution >= 0.6 is 22.9 Å². The van der Waals surface area contributed by atoms with Crippen molar-refractivity contribution in [3.63, 3.8) is 0 Å². The molecule has 2 N–H and O–H groups in total. The van der Waals surface area contributed by atoms with Crippen LogP contribution in [0.3, 0.4) is 0 Å². The Balaban J connectivity index is 2.14. The Kier molecular flexibility index (Phi) is 5.43. The van der Waals surface area contributed by atoms with Crippen LogP contribution < -0.4 is 10.6 Å². The first-order chi connectivity index (χ1) is 7.87. The van der Waals surface area contributed by atoms with Gasteiger partial charge in [0.25, 0.3) is 0 Å². The van der Waals surface area contributed by atoms with E-state index in [-0.39, 0.29) is 11.4 Å². The quantitative estimate of drug-likeness (QED) is 0.810. The lowest BCUT2D eigenvalue weighted by molar-refractivity contribution is -0.121. The third kappa shape index (κ3) is 6.66. The minimum absolute atomic E-state index is 0.0294. The highest BCUT2D eigenvalue weighted by Crippen LogP contribution is 2.21. The molecule has 0 aromatic carbocycles. The normalized spacial score (nSPS) is 11.5. The summed E-state index contributed by atoms with van der Waals surface area (Å²) in [7, 11) is 0. The number of nitrogens with one attached hydrogen (secondary N) is 2. The van der Waals surface area contributed by atoms with Crippen molar-refractivity contribution in [2.45, 2.75) is 32.7 Å². The van der Waals surface area contributed by atoms with E-state index < -0.39 is 0 Å². The Labute approximate surface area is 112 Å². The number of hydrogen-bond donors (Lipinski definition) is 2. The molecule has 1 aromatic heterocycles. The Bertz CT molecular complexity index is 371. The number of rotatable bonds is 5. The minimum atomic E-state index is -0.167. The first-order valence-corrected chi connectivity index (χ1v) is 6.82. The molecule has 0 aliphatic rings. The largest absolute Gasteiger partial charge is 0.350 e. The molecule has 1 heterocycles. The van der Waals surface area contributed by atoms with Crippen molar-refractivity contribution >= 4 is 28.8 Å². The zero-order valence-corrected chi connectivity index (χ0v) is 12.0. The van der Waals surface area contributed by atoms with Gasteiger partial charge in [0, 0.05) is 17.0 Å². The smallest absolute Gasteiger partial charge is 0.234 e. The summed E-state index contributed by atoms with van der Waals surface area (Å²) in [5.41, 5.74) is -0.167. The zero-order chi connectivity index (χ0) is 12.9. The van der Waals surface area contributed by atoms with E-state index in [4.69, 9.17) is 11.6 Å². The molecule has 0 aliphatic heterocycles. The van der Waals surface area contributed by atoms with Gasteiger partial charge in [-0.15, -0.1) is 11.3 Å². The van der Waals surface area contributed by atoms with Crippen LogP contribution in [0.25, 0.3) is 0 Å². The van der Waals surface area contributed by atoms with Crippen LogP contribution in [0.5, 0.6) is 0 Å². The molecule has 0 radical (unpaired) electrons. The molecular weight excluding hydrogens is 256 g/mol. The van der Waals surface area contributed by atoms with Crippen LogP contribution in [-0.2, 0) is 11.2 Å². The van der Waals surface area contributed by atoms with Gasteiger partial charge in [0.1, 0.15) is 0 Å². The fourth-order valence-corrected chi connectivity index (χ4v) is 2.45. The van der Waals surface area contributed by atoms with E-state index in [0.29, 0.717) is 6.54 Å². The van der Waals surface area contributed by atoms with Crippen LogP contribution in [0.15, 0.2) is 12.1 Å². The van der Waals surface area contributed by atoms with Gasteiger partial charge in [-0.25, -0.2) is 0 Å². The molecule has 0 fully saturated rings. The first kappa shape index (κ1) is 14.5. The Morgan fingerprint density at radius 2 is 2.12 bits per heavy atom. The van der Waals surface area contributed by atoms with E-state index >= 15 is 0 Å². The number of halogens is 1. The van der Waals surface area contributed by atoms with Gasteiger partial charge in [-0.1, -0.05) is 11.6 Å². The highest BCUT2D eigenvalue weighted by Gasteiger charge is 2.12. The summed E-state index contributed by atoms with van der Waals surface area (Å²) < 4.78 is 0.811. The topological polar surface area (TPSA) is 41.1 Å². The van der Waals surface area contributed by atoms with Crippen molar-refractivity contribution in [2.75, 3.05) is 13.1 Å². The summed E-state index contributed by atoms with van der Waals surface area (Å²) in [6.45, 7) is 7.06. The fraction of sp³-hybridized carbons (Fsp3) is 0.583. The molecule has 0 bridgehead atoms. The average molecular weight is 275 g/mol. The Morgan fingerprint density at radius 3 is 2.65 bits per heavy atom. The van der Waals surface area contributed by atoms with Crippen molar-refractivity contribution in [1.82, 2.24) is 10.6 Å². The molecule has 1 aromatic rings. The van der Waals surface area contributed by atoms with Gasteiger partial charge in [-0.3, -0.25) is 4.79 Å². The van der Waals surface area contributed by atoms with E-state index in [1.54, 1.807) is 11.3 Å². The van der Waals surface area contributed by atoms with Gasteiger partial charge >= 0.3 is 0 Å². The highest BCUT2D eigenvalue weighted by molar-refractivity contribution is 7.16. The number of hydrogen-bond acceptors (Lipinski definition) is 3. The second-order valence-electron chi connectivity index (χ2n) is 4.93. The van der Waals surface area contributed by atoms with Gasteiger partial charge in [0.15, 0.2) is 0 Å². The van der Waals surface area contributed by atoms with E-state index in [2.05, 4.69) is 10.6 Å². The van der Waals surface area contributed by atoms with Gasteiger partial charge in [0.2, 0.25) is 5.91 Å². The third-order valence-corrected chi connectivity index (χ3v) is 3.27. The SMILES string of the molecule is CC(C)(C)NC(=O)CNCCc1ccc(Cl)s1. The lowest BCUT2D eigenvalue weighted by Crippen LogP contribution is -2.45. The van der Waals surface area contributed by atoms with Crippen molar-refractivity contribution in [1.29, 1.82) is 0 Å². The zero-order valence-electron chi connectivity index (χ0n) is 10.5. The monoisotopic (exact) mass is 274 g/mol. The standard InChI is InChI=1S/C12H19ClN2OS/c1-12(2,3)15-11(16)8-14-7-6-9-4-5-10(13)17-9/h4-5,14H,6-8H2,1-3H3,(H,15,16). The average Bonchev–Trinajstić information content (AvgIpc) is 2.56. The maximum atomic E-state index is 11.5. The maximum absolute atomic E-state index is 11.5. The second kappa shape index (κ2) is 6.38. The molecule has 1 rings (SSSR count). The van der Waals surface area contributed by atoms with Crippen molar-refractivity contribution < 1.29 is 4.79 Å². The molecule has 96 valence electrons. The van der Waals surface area contributed by atoms with Crippen LogP contribution in [0.2, 0.25) is 4.34 Å². The number of amides is 1. The van der Waals surface area contributed by atoms with Gasteiger partial charge in [0.05, 0.1) is 10.9 Å². The van der Waals surface area contributed by atoms with E-state index in [1.165, 1.54) is 4.88 Å². The van der Waals surface area contributed by atoms with Gasteiger partial charge < -0.3 is 10.6 Å². The summed E-state index contributed by atoms with van der Waals surface area (Å²) in [5, 5.41) is 6.02. The summed E-state index contributed by atoms with van der Waals surface area (Å²) >= 11 is 7.41. The molecule has 0 unspecified atom stereocenters. The molecule has 3 nitrogen and oxygen atoms in total. The predicted molar refractivity (Wildman–Crippen MR) is 73.8 cm³/mol. The van der Waals surface area contributed by atoms with E-state index in [9.17, 15) is 4.79 Å². The summed E-state index contributed by atoms with van der Waals surface area (Å²) in [5.74, 6) is 0.0294. The van der Waals surface area contributed by atoms with Crippen LogP contribution in [0.4, 0.5) is 0 Å². The molecule has 0 aliphatic carbocycles. The number of carbonyl (C=O) groups excluding carboxylic acids is 1. The molecule has 17 heavy (non-hydrogen) atoms. The predicted octanol–water partition coefficient (Wildman–Crippen LogP) is 2.45. The van der Waals surface area contributed by atoms with Crippen LogP contribution in [0.1, 0.15) is 25.6 Å². The molecule has 5 heteroatoms. The first-order valence-electron chi connectivity index (χ1n) is 5.63. The van der Waals surface area contributed by atoms with Crippen molar-refractivity contribution in [3.8, 4) is 0 Å². The van der Waals surface area contributed by atoms with Crippen molar-refractivity contribution in [2.24, 2.45) is 0 Å². The molecule has 0 atom stereocenters. The van der Waals surface area contributed by atoms with Gasteiger partial charge in [-0.2, -0.15) is 0 Å². The molecular formula is C12H19ClN2OS. The maximum Gasteiger partial charge on any atom is 0.234 e. The number of thiophene rings is 1. The second-order valence-corrected chi connectivity index (χ2v) is 6.73. The third-order valence-electron chi connectivity index (χ3n) is 1.98. The van der Waals surface area contributed by atoms with Crippen LogP contribution in [-0.4, -0.2) is 24.5 Å². The molecule has 0 spiro atoms. The van der Waals surface area contributed by atoms with E-state index in [0.717, 1.165) is 17.3 Å². The molecule has 0 saturated carbocycles. The Hall–Kier alpha value is -0.580. The molecule has 0 saturated heterocycles. The van der Waals surface area contributed by atoms with Crippen LogP contribution in [0, 0.1) is 0 Å². The minimum Gasteiger partial charge on any atom is -0.350 e. The lowest BCUT2D eigenvalue weighted by atomic mass is 10.1. The highest BCUT2D eigenvalue weighted by atomic mass is 35.5. The Morgan fingerprint density at radius 1 is 1.41 bits per heavy atom. The van der Waals surface area contributed by atoms with E-state index in [1.807, 2.05) is 32.9 Å². The summed E-state index contributed by atoms with van der Waals surface area (Å²) in [6, 6.07) is 3.91. The summed E-state index contributed by atoms with van der Waals surface area (Å²) in [6.07, 6.45) is 0.903.